The van der Waals surface area contributed by atoms with E-state index in [1.807, 2.05) is 24.3 Å². The maximum Gasteiger partial charge on any atom is 0.257 e. The van der Waals surface area contributed by atoms with E-state index in [0.29, 0.717) is 37.5 Å². The van der Waals surface area contributed by atoms with Crippen molar-refractivity contribution in [1.82, 2.24) is 10.2 Å². The number of rotatable bonds is 5. The van der Waals surface area contributed by atoms with Gasteiger partial charge in [0.1, 0.15) is 11.6 Å². The first-order valence-corrected chi connectivity index (χ1v) is 11.5. The average Bonchev–Trinajstić information content (AvgIpc) is 2.89. The number of amides is 2. The lowest BCUT2D eigenvalue weighted by Crippen LogP contribution is -2.49. The first kappa shape index (κ1) is 24.2. The van der Waals surface area contributed by atoms with E-state index < -0.39 is 5.82 Å². The third-order valence-corrected chi connectivity index (χ3v) is 5.94. The first-order chi connectivity index (χ1) is 16.9. The normalized spacial score (nSPS) is 13.2. The molecule has 1 saturated heterocycles. The van der Waals surface area contributed by atoms with Gasteiger partial charge in [-0.05, 0) is 72.9 Å². The van der Waals surface area contributed by atoms with Crippen molar-refractivity contribution in [2.45, 2.75) is 0 Å². The van der Waals surface area contributed by atoms with Gasteiger partial charge in [0.25, 0.3) is 11.8 Å². The molecule has 3 aromatic rings. The Kier molecular flexibility index (Phi) is 7.57. The standard InChI is InChI=1S/C26H25FN4O3S/c1-34-21-12-6-18(7-13-21)24(32)29-26(35)28-19-8-10-20(11-9-19)30-14-16-31(17-15-30)25(33)22-4-2-3-5-23(22)27/h2-13H,14-17H2,1H3,(H2,28,29,32,35). The van der Waals surface area contributed by atoms with Gasteiger partial charge in [-0.15, -0.1) is 0 Å². The zero-order chi connectivity index (χ0) is 24.8. The van der Waals surface area contributed by atoms with Gasteiger partial charge in [0.05, 0.1) is 12.7 Å². The number of carbonyl (C=O) groups excluding carboxylic acids is 2. The van der Waals surface area contributed by atoms with Gasteiger partial charge in [-0.25, -0.2) is 4.39 Å². The molecule has 3 aromatic carbocycles. The summed E-state index contributed by atoms with van der Waals surface area (Å²) < 4.78 is 19.0. The number of hydrogen-bond acceptors (Lipinski definition) is 5. The highest BCUT2D eigenvalue weighted by molar-refractivity contribution is 7.80. The van der Waals surface area contributed by atoms with E-state index in [9.17, 15) is 14.0 Å². The topological polar surface area (TPSA) is 73.9 Å². The van der Waals surface area contributed by atoms with Gasteiger partial charge in [-0.1, -0.05) is 12.1 Å². The minimum Gasteiger partial charge on any atom is -0.497 e. The van der Waals surface area contributed by atoms with Crippen LogP contribution in [-0.4, -0.2) is 55.1 Å². The first-order valence-electron chi connectivity index (χ1n) is 11.1. The Bertz CT molecular complexity index is 1210. The predicted octanol–water partition coefficient (Wildman–Crippen LogP) is 3.92. The molecular weight excluding hydrogens is 467 g/mol. The second kappa shape index (κ2) is 11.0. The third kappa shape index (κ3) is 5.93. The van der Waals surface area contributed by atoms with E-state index >= 15 is 0 Å². The summed E-state index contributed by atoms with van der Waals surface area (Å²) in [5.41, 5.74) is 2.31. The van der Waals surface area contributed by atoms with E-state index in [-0.39, 0.29) is 22.5 Å². The van der Waals surface area contributed by atoms with Crippen LogP contribution in [0, 0.1) is 5.82 Å². The molecule has 180 valence electrons. The molecule has 1 aliphatic heterocycles. The number of nitrogens with zero attached hydrogens (tertiary/aromatic N) is 2. The number of piperazine rings is 1. The number of ether oxygens (including phenoxy) is 1. The lowest BCUT2D eigenvalue weighted by atomic mass is 10.1. The average molecular weight is 493 g/mol. The molecule has 4 rings (SSSR count). The summed E-state index contributed by atoms with van der Waals surface area (Å²) in [4.78, 5) is 28.8. The predicted molar refractivity (Wildman–Crippen MR) is 138 cm³/mol. The quantitative estimate of drug-likeness (QED) is 0.526. The van der Waals surface area contributed by atoms with Crippen LogP contribution in [0.15, 0.2) is 72.8 Å². The zero-order valence-electron chi connectivity index (χ0n) is 19.2. The van der Waals surface area contributed by atoms with Crippen LogP contribution in [0.1, 0.15) is 20.7 Å². The molecule has 0 atom stereocenters. The second-order valence-corrected chi connectivity index (χ2v) is 8.35. The van der Waals surface area contributed by atoms with Gasteiger partial charge in [-0.3, -0.25) is 14.9 Å². The molecule has 0 unspecified atom stereocenters. The summed E-state index contributed by atoms with van der Waals surface area (Å²) in [7, 11) is 1.56. The number of nitrogens with one attached hydrogen (secondary N) is 2. The Morgan fingerprint density at radius 1 is 0.914 bits per heavy atom. The smallest absolute Gasteiger partial charge is 0.257 e. The van der Waals surface area contributed by atoms with Gasteiger partial charge in [0, 0.05) is 43.1 Å². The van der Waals surface area contributed by atoms with Gasteiger partial charge in [0.15, 0.2) is 5.11 Å². The third-order valence-electron chi connectivity index (χ3n) is 5.74. The monoisotopic (exact) mass is 492 g/mol. The minimum atomic E-state index is -0.499. The molecule has 35 heavy (non-hydrogen) atoms. The molecule has 0 saturated carbocycles. The van der Waals surface area contributed by atoms with Crippen molar-refractivity contribution < 1.29 is 18.7 Å². The summed E-state index contributed by atoms with van der Waals surface area (Å²) in [6.45, 7) is 2.30. The summed E-state index contributed by atoms with van der Waals surface area (Å²) >= 11 is 5.26. The van der Waals surface area contributed by atoms with Crippen molar-refractivity contribution in [1.29, 1.82) is 0 Å². The highest BCUT2D eigenvalue weighted by Crippen LogP contribution is 2.21. The summed E-state index contributed by atoms with van der Waals surface area (Å²) in [6.07, 6.45) is 0. The Morgan fingerprint density at radius 3 is 2.20 bits per heavy atom. The second-order valence-electron chi connectivity index (χ2n) is 7.94. The Morgan fingerprint density at radius 2 is 1.57 bits per heavy atom. The van der Waals surface area contributed by atoms with Crippen LogP contribution in [-0.2, 0) is 0 Å². The van der Waals surface area contributed by atoms with Crippen LogP contribution < -0.4 is 20.3 Å². The molecular formula is C26H25FN4O3S. The number of thiocarbonyl (C=S) groups is 1. The van der Waals surface area contributed by atoms with E-state index in [1.165, 1.54) is 12.1 Å². The largest absolute Gasteiger partial charge is 0.497 e. The molecule has 0 bridgehead atoms. The van der Waals surface area contributed by atoms with Crippen LogP contribution >= 0.6 is 12.2 Å². The lowest BCUT2D eigenvalue weighted by Gasteiger charge is -2.36. The molecule has 0 aliphatic carbocycles. The maximum atomic E-state index is 13.9. The van der Waals surface area contributed by atoms with E-state index in [1.54, 1.807) is 48.4 Å². The number of hydrogen-bond donors (Lipinski definition) is 2. The molecule has 2 N–H and O–H groups in total. The van der Waals surface area contributed by atoms with E-state index in [2.05, 4.69) is 15.5 Å². The van der Waals surface area contributed by atoms with Crippen LogP contribution in [0.2, 0.25) is 0 Å². The van der Waals surface area contributed by atoms with Crippen molar-refractivity contribution in [3.63, 3.8) is 0 Å². The molecule has 9 heteroatoms. The van der Waals surface area contributed by atoms with Crippen molar-refractivity contribution in [3.05, 3.63) is 89.7 Å². The fourth-order valence-corrected chi connectivity index (χ4v) is 4.02. The van der Waals surface area contributed by atoms with Gasteiger partial charge in [0.2, 0.25) is 0 Å². The zero-order valence-corrected chi connectivity index (χ0v) is 20.0. The SMILES string of the molecule is COc1ccc(C(=O)NC(=S)Nc2ccc(N3CCN(C(=O)c4ccccc4F)CC3)cc2)cc1. The molecule has 1 fully saturated rings. The fourth-order valence-electron chi connectivity index (χ4n) is 3.81. The summed E-state index contributed by atoms with van der Waals surface area (Å²) in [5.74, 6) is -0.432. The van der Waals surface area contributed by atoms with E-state index in [0.717, 1.165) is 11.4 Å². The lowest BCUT2D eigenvalue weighted by molar-refractivity contribution is 0.0742. The number of carbonyl (C=O) groups is 2. The Hall–Kier alpha value is -3.98. The highest BCUT2D eigenvalue weighted by Gasteiger charge is 2.24. The van der Waals surface area contributed by atoms with Gasteiger partial charge < -0.3 is 19.9 Å². The molecule has 0 spiro atoms. The molecule has 0 radical (unpaired) electrons. The maximum absolute atomic E-state index is 13.9. The fraction of sp³-hybridized carbons (Fsp3) is 0.192. The van der Waals surface area contributed by atoms with Crippen LogP contribution in [0.25, 0.3) is 0 Å². The molecule has 1 heterocycles. The van der Waals surface area contributed by atoms with Crippen LogP contribution in [0.4, 0.5) is 15.8 Å². The minimum absolute atomic E-state index is 0.103. The van der Waals surface area contributed by atoms with Crippen molar-refractivity contribution in [2.24, 2.45) is 0 Å². The number of benzene rings is 3. The van der Waals surface area contributed by atoms with Crippen LogP contribution in [0.5, 0.6) is 5.75 Å². The van der Waals surface area contributed by atoms with Crippen molar-refractivity contribution >= 4 is 40.5 Å². The Balaban J connectivity index is 1.28. The molecule has 2 amide bonds. The highest BCUT2D eigenvalue weighted by atomic mass is 32.1. The number of halogens is 1. The van der Waals surface area contributed by atoms with Crippen molar-refractivity contribution in [2.75, 3.05) is 43.5 Å². The van der Waals surface area contributed by atoms with Crippen LogP contribution in [0.3, 0.4) is 0 Å². The number of anilines is 2. The summed E-state index contributed by atoms with van der Waals surface area (Å²) in [5, 5.41) is 5.86. The van der Waals surface area contributed by atoms with Gasteiger partial charge in [-0.2, -0.15) is 0 Å². The Labute approximate surface area is 208 Å². The molecule has 0 aromatic heterocycles. The van der Waals surface area contributed by atoms with Gasteiger partial charge >= 0.3 is 0 Å². The van der Waals surface area contributed by atoms with E-state index in [4.69, 9.17) is 17.0 Å². The van der Waals surface area contributed by atoms with Crippen molar-refractivity contribution in [3.8, 4) is 5.75 Å². The number of methoxy groups -OCH3 is 1. The molecule has 1 aliphatic rings. The molecule has 7 nitrogen and oxygen atoms in total. The summed E-state index contributed by atoms with van der Waals surface area (Å²) in [6, 6.07) is 20.4.